The first-order chi connectivity index (χ1) is 12.2. The first-order valence-corrected chi connectivity index (χ1v) is 9.13. The molecule has 0 aliphatic carbocycles. The van der Waals surface area contributed by atoms with Gasteiger partial charge in [-0.3, -0.25) is 0 Å². The van der Waals surface area contributed by atoms with Crippen molar-refractivity contribution < 1.29 is 9.47 Å². The SMILES string of the molecule is CCc1ccc(NC(=S)N(CC)C[C@@H]2COc3ccccc3O2)cc1. The minimum atomic E-state index is -0.0444. The van der Waals surface area contributed by atoms with Crippen LogP contribution in [0.3, 0.4) is 0 Å². The molecular weight excluding hydrogens is 332 g/mol. The predicted molar refractivity (Wildman–Crippen MR) is 106 cm³/mol. The second-order valence-electron chi connectivity index (χ2n) is 6.02. The Kier molecular flexibility index (Phi) is 5.76. The van der Waals surface area contributed by atoms with Gasteiger partial charge < -0.3 is 19.7 Å². The molecule has 0 bridgehead atoms. The Labute approximate surface area is 154 Å². The van der Waals surface area contributed by atoms with Crippen molar-refractivity contribution in [1.29, 1.82) is 0 Å². The summed E-state index contributed by atoms with van der Waals surface area (Å²) in [5.41, 5.74) is 2.32. The number of hydrogen-bond acceptors (Lipinski definition) is 3. The molecule has 0 saturated carbocycles. The van der Waals surface area contributed by atoms with Crippen molar-refractivity contribution in [2.45, 2.75) is 26.4 Å². The Morgan fingerprint density at radius 1 is 1.12 bits per heavy atom. The molecular formula is C20H24N2O2S. The second-order valence-corrected chi connectivity index (χ2v) is 6.40. The zero-order chi connectivity index (χ0) is 17.6. The molecule has 1 heterocycles. The highest BCUT2D eigenvalue weighted by molar-refractivity contribution is 7.80. The van der Waals surface area contributed by atoms with Gasteiger partial charge in [-0.1, -0.05) is 31.2 Å². The topological polar surface area (TPSA) is 33.7 Å². The monoisotopic (exact) mass is 356 g/mol. The molecule has 2 aromatic carbocycles. The second kappa shape index (κ2) is 8.21. The van der Waals surface area contributed by atoms with Crippen molar-refractivity contribution in [2.24, 2.45) is 0 Å². The summed E-state index contributed by atoms with van der Waals surface area (Å²) in [6.07, 6.45) is 0.990. The van der Waals surface area contributed by atoms with Gasteiger partial charge in [-0.25, -0.2) is 0 Å². The maximum atomic E-state index is 6.04. The summed E-state index contributed by atoms with van der Waals surface area (Å²) >= 11 is 5.58. The Morgan fingerprint density at radius 3 is 2.52 bits per heavy atom. The van der Waals surface area contributed by atoms with E-state index in [1.807, 2.05) is 24.3 Å². The van der Waals surface area contributed by atoms with E-state index in [0.717, 1.165) is 30.2 Å². The Bertz CT molecular complexity index is 718. The van der Waals surface area contributed by atoms with E-state index in [-0.39, 0.29) is 6.10 Å². The summed E-state index contributed by atoms with van der Waals surface area (Å²) in [5.74, 6) is 1.60. The van der Waals surface area contributed by atoms with Crippen molar-refractivity contribution in [3.05, 3.63) is 54.1 Å². The van der Waals surface area contributed by atoms with Gasteiger partial charge in [0, 0.05) is 12.2 Å². The first kappa shape index (κ1) is 17.5. The highest BCUT2D eigenvalue weighted by Crippen LogP contribution is 2.31. The normalized spacial score (nSPS) is 15.5. The minimum absolute atomic E-state index is 0.0444. The molecule has 5 heteroatoms. The standard InChI is InChI=1S/C20H24N2O2S/c1-3-15-9-11-16(12-10-15)21-20(25)22(4-2)13-17-14-23-18-7-5-6-8-19(18)24-17/h5-12,17H,3-4,13-14H2,1-2H3,(H,21,25)/t17-/m1/s1. The highest BCUT2D eigenvalue weighted by Gasteiger charge is 2.23. The van der Waals surface area contributed by atoms with Gasteiger partial charge in [0.1, 0.15) is 6.61 Å². The number of anilines is 1. The average Bonchev–Trinajstić information content (AvgIpc) is 2.66. The lowest BCUT2D eigenvalue weighted by atomic mass is 10.1. The average molecular weight is 356 g/mol. The summed E-state index contributed by atoms with van der Waals surface area (Å²) in [6.45, 7) is 6.26. The molecule has 0 saturated heterocycles. The number of nitrogens with one attached hydrogen (secondary N) is 1. The lowest BCUT2D eigenvalue weighted by Gasteiger charge is -2.32. The van der Waals surface area contributed by atoms with Crippen molar-refractivity contribution >= 4 is 23.0 Å². The van der Waals surface area contributed by atoms with E-state index in [4.69, 9.17) is 21.7 Å². The molecule has 1 N–H and O–H groups in total. The van der Waals surface area contributed by atoms with E-state index in [0.29, 0.717) is 18.3 Å². The fourth-order valence-corrected chi connectivity index (χ4v) is 3.10. The Hall–Kier alpha value is -2.27. The highest BCUT2D eigenvalue weighted by atomic mass is 32.1. The number of para-hydroxylation sites is 2. The number of fused-ring (bicyclic) bond motifs is 1. The molecule has 0 radical (unpaired) electrons. The summed E-state index contributed by atoms with van der Waals surface area (Å²) < 4.78 is 11.8. The molecule has 0 fully saturated rings. The van der Waals surface area contributed by atoms with Crippen LogP contribution in [0.1, 0.15) is 19.4 Å². The molecule has 1 atom stereocenters. The lowest BCUT2D eigenvalue weighted by molar-refractivity contribution is 0.0754. The van der Waals surface area contributed by atoms with Gasteiger partial charge in [0.2, 0.25) is 0 Å². The van der Waals surface area contributed by atoms with Gasteiger partial charge >= 0.3 is 0 Å². The first-order valence-electron chi connectivity index (χ1n) is 8.73. The lowest BCUT2D eigenvalue weighted by Crippen LogP contribution is -2.45. The minimum Gasteiger partial charge on any atom is -0.486 e. The van der Waals surface area contributed by atoms with E-state index >= 15 is 0 Å². The molecule has 0 unspecified atom stereocenters. The number of thiocarbonyl (C=S) groups is 1. The smallest absolute Gasteiger partial charge is 0.173 e. The van der Waals surface area contributed by atoms with Crippen LogP contribution < -0.4 is 14.8 Å². The molecule has 25 heavy (non-hydrogen) atoms. The van der Waals surface area contributed by atoms with E-state index in [2.05, 4.69) is 48.3 Å². The van der Waals surface area contributed by atoms with Crippen LogP contribution in [0.25, 0.3) is 0 Å². The number of ether oxygens (including phenoxy) is 2. The number of hydrogen-bond donors (Lipinski definition) is 1. The summed E-state index contributed by atoms with van der Waals surface area (Å²) in [6, 6.07) is 16.1. The molecule has 3 rings (SSSR count). The van der Waals surface area contributed by atoms with Gasteiger partial charge in [-0.05, 0) is 55.4 Å². The number of benzene rings is 2. The van der Waals surface area contributed by atoms with Crippen molar-refractivity contribution in [3.8, 4) is 11.5 Å². The zero-order valence-corrected chi connectivity index (χ0v) is 15.5. The van der Waals surface area contributed by atoms with Crippen molar-refractivity contribution in [2.75, 3.05) is 25.0 Å². The van der Waals surface area contributed by atoms with Crippen LogP contribution >= 0.6 is 12.2 Å². The third-order valence-electron chi connectivity index (χ3n) is 4.27. The third-order valence-corrected chi connectivity index (χ3v) is 4.63. The molecule has 0 spiro atoms. The predicted octanol–water partition coefficient (Wildman–Crippen LogP) is 4.11. The molecule has 2 aromatic rings. The maximum Gasteiger partial charge on any atom is 0.173 e. The number of aryl methyl sites for hydroxylation is 1. The van der Waals surface area contributed by atoms with Gasteiger partial charge in [-0.2, -0.15) is 0 Å². The Balaban J connectivity index is 1.59. The van der Waals surface area contributed by atoms with Gasteiger partial charge in [0.05, 0.1) is 6.54 Å². The van der Waals surface area contributed by atoms with E-state index < -0.39 is 0 Å². The quantitative estimate of drug-likeness (QED) is 0.816. The van der Waals surface area contributed by atoms with Crippen LogP contribution in [-0.4, -0.2) is 35.8 Å². The van der Waals surface area contributed by atoms with Crippen LogP contribution in [0.5, 0.6) is 11.5 Å². The van der Waals surface area contributed by atoms with Crippen molar-refractivity contribution in [1.82, 2.24) is 4.90 Å². The molecule has 0 aromatic heterocycles. The zero-order valence-electron chi connectivity index (χ0n) is 14.7. The summed E-state index contributed by atoms with van der Waals surface area (Å²) in [5, 5.41) is 4.02. The summed E-state index contributed by atoms with van der Waals surface area (Å²) in [4.78, 5) is 2.10. The van der Waals surface area contributed by atoms with E-state index in [1.54, 1.807) is 0 Å². The molecule has 1 aliphatic rings. The Morgan fingerprint density at radius 2 is 1.84 bits per heavy atom. The number of rotatable bonds is 5. The summed E-state index contributed by atoms with van der Waals surface area (Å²) in [7, 11) is 0. The van der Waals surface area contributed by atoms with Crippen LogP contribution in [-0.2, 0) is 6.42 Å². The molecule has 1 aliphatic heterocycles. The fourth-order valence-electron chi connectivity index (χ4n) is 2.78. The van der Waals surface area contributed by atoms with E-state index in [9.17, 15) is 0 Å². The van der Waals surface area contributed by atoms with Gasteiger partial charge in [0.15, 0.2) is 22.7 Å². The molecule has 132 valence electrons. The van der Waals surface area contributed by atoms with Crippen molar-refractivity contribution in [3.63, 3.8) is 0 Å². The van der Waals surface area contributed by atoms with Crippen LogP contribution in [0.2, 0.25) is 0 Å². The van der Waals surface area contributed by atoms with E-state index in [1.165, 1.54) is 5.56 Å². The fraction of sp³-hybridized carbons (Fsp3) is 0.350. The van der Waals surface area contributed by atoms with Gasteiger partial charge in [0.25, 0.3) is 0 Å². The van der Waals surface area contributed by atoms with Crippen LogP contribution in [0.4, 0.5) is 5.69 Å². The largest absolute Gasteiger partial charge is 0.486 e. The molecule has 0 amide bonds. The maximum absolute atomic E-state index is 6.04. The third kappa shape index (κ3) is 4.42. The number of likely N-dealkylation sites (N-methyl/N-ethyl adjacent to an activating group) is 1. The molecule has 4 nitrogen and oxygen atoms in total. The van der Waals surface area contributed by atoms with Gasteiger partial charge in [-0.15, -0.1) is 0 Å². The van der Waals surface area contributed by atoms with Crippen LogP contribution in [0, 0.1) is 0 Å². The number of nitrogens with zero attached hydrogens (tertiary/aromatic N) is 1. The van der Waals surface area contributed by atoms with Crippen LogP contribution in [0.15, 0.2) is 48.5 Å².